The molecule has 0 aliphatic rings. The van der Waals surface area contributed by atoms with Crippen molar-refractivity contribution in [2.45, 2.75) is 26.4 Å². The van der Waals surface area contributed by atoms with Crippen LogP contribution in [0.1, 0.15) is 28.6 Å². The third-order valence-corrected chi connectivity index (χ3v) is 3.99. The van der Waals surface area contributed by atoms with Crippen LogP contribution < -0.4 is 5.32 Å². The molecule has 1 aromatic carbocycles. The summed E-state index contributed by atoms with van der Waals surface area (Å²) in [7, 11) is 0. The van der Waals surface area contributed by atoms with Gasteiger partial charge in [0.1, 0.15) is 0 Å². The van der Waals surface area contributed by atoms with Crippen molar-refractivity contribution in [3.8, 4) is 11.1 Å². The van der Waals surface area contributed by atoms with Crippen LogP contribution in [0.3, 0.4) is 0 Å². The zero-order chi connectivity index (χ0) is 14.5. The van der Waals surface area contributed by atoms with E-state index in [0.29, 0.717) is 13.0 Å². The van der Waals surface area contributed by atoms with Crippen LogP contribution in [-0.2, 0) is 0 Å². The van der Waals surface area contributed by atoms with Crippen LogP contribution in [0.25, 0.3) is 11.1 Å². The number of carbonyl (C=O) groups excluding carboxylic acids is 1. The van der Waals surface area contributed by atoms with Gasteiger partial charge in [-0.2, -0.15) is 0 Å². The van der Waals surface area contributed by atoms with Crippen LogP contribution in [0.5, 0.6) is 0 Å². The summed E-state index contributed by atoms with van der Waals surface area (Å²) in [4.78, 5) is 12.9. The summed E-state index contributed by atoms with van der Waals surface area (Å²) in [5.41, 5.74) is 3.22. The molecule has 0 aliphatic carbocycles. The van der Waals surface area contributed by atoms with Gasteiger partial charge >= 0.3 is 0 Å². The lowest BCUT2D eigenvalue weighted by Gasteiger charge is -2.08. The highest BCUT2D eigenvalue weighted by atomic mass is 32.1. The summed E-state index contributed by atoms with van der Waals surface area (Å²) in [5.74, 6) is -0.0729. The first kappa shape index (κ1) is 14.8. The molecule has 106 valence electrons. The smallest absolute Gasteiger partial charge is 0.261 e. The van der Waals surface area contributed by atoms with Crippen LogP contribution in [-0.4, -0.2) is 23.7 Å². The minimum Gasteiger partial charge on any atom is -0.393 e. The second kappa shape index (κ2) is 6.68. The molecule has 0 saturated carbocycles. The highest BCUT2D eigenvalue weighted by Crippen LogP contribution is 2.28. The first-order valence-electron chi connectivity index (χ1n) is 6.68. The number of benzene rings is 1. The SMILES string of the molecule is Cc1ccc(-c2ccsc2C(=O)NCCC(C)O)cc1. The molecule has 4 heteroatoms. The first-order valence-corrected chi connectivity index (χ1v) is 7.56. The Kier molecular flexibility index (Phi) is 4.93. The highest BCUT2D eigenvalue weighted by molar-refractivity contribution is 7.12. The quantitative estimate of drug-likeness (QED) is 0.888. The van der Waals surface area contributed by atoms with Crippen molar-refractivity contribution in [2.24, 2.45) is 0 Å². The molecule has 0 radical (unpaired) electrons. The molecule has 2 aromatic rings. The number of nitrogens with one attached hydrogen (secondary N) is 1. The average molecular weight is 289 g/mol. The summed E-state index contributed by atoms with van der Waals surface area (Å²) in [5, 5.41) is 14.0. The molecule has 2 N–H and O–H groups in total. The fraction of sp³-hybridized carbons (Fsp3) is 0.312. The summed E-state index contributed by atoms with van der Waals surface area (Å²) < 4.78 is 0. The Balaban J connectivity index is 2.12. The summed E-state index contributed by atoms with van der Waals surface area (Å²) in [6.45, 7) is 4.25. The van der Waals surface area contributed by atoms with E-state index in [1.54, 1.807) is 6.92 Å². The Bertz CT molecular complexity index is 572. The first-order chi connectivity index (χ1) is 9.58. The Labute approximate surface area is 123 Å². The van der Waals surface area contributed by atoms with Gasteiger partial charge in [-0.3, -0.25) is 4.79 Å². The van der Waals surface area contributed by atoms with Gasteiger partial charge < -0.3 is 10.4 Å². The average Bonchev–Trinajstić information content (AvgIpc) is 2.88. The van der Waals surface area contributed by atoms with Gasteiger partial charge in [0.05, 0.1) is 11.0 Å². The Hall–Kier alpha value is -1.65. The van der Waals surface area contributed by atoms with Crippen molar-refractivity contribution >= 4 is 17.2 Å². The minimum absolute atomic E-state index is 0.0729. The molecule has 0 saturated heterocycles. The molecule has 1 amide bonds. The number of thiophene rings is 1. The Morgan fingerprint density at radius 2 is 2.00 bits per heavy atom. The molecule has 0 aliphatic heterocycles. The van der Waals surface area contributed by atoms with E-state index in [-0.39, 0.29) is 5.91 Å². The van der Waals surface area contributed by atoms with Crippen LogP contribution in [0.15, 0.2) is 35.7 Å². The van der Waals surface area contributed by atoms with Crippen LogP contribution in [0.2, 0.25) is 0 Å². The third-order valence-electron chi connectivity index (χ3n) is 3.08. The van der Waals surface area contributed by atoms with E-state index in [1.807, 2.05) is 42.6 Å². The molecule has 1 aromatic heterocycles. The molecule has 1 unspecified atom stereocenters. The fourth-order valence-corrected chi connectivity index (χ4v) is 2.75. The lowest BCUT2D eigenvalue weighted by molar-refractivity contribution is 0.0950. The van der Waals surface area contributed by atoms with Gasteiger partial charge in [0.15, 0.2) is 0 Å². The Morgan fingerprint density at radius 1 is 1.30 bits per heavy atom. The zero-order valence-corrected chi connectivity index (χ0v) is 12.5. The molecular formula is C16H19NO2S. The summed E-state index contributed by atoms with van der Waals surface area (Å²) >= 11 is 1.44. The van der Waals surface area contributed by atoms with E-state index in [9.17, 15) is 9.90 Å². The van der Waals surface area contributed by atoms with Crippen LogP contribution in [0.4, 0.5) is 0 Å². The van der Waals surface area contributed by atoms with Gasteiger partial charge in [0.25, 0.3) is 5.91 Å². The van der Waals surface area contributed by atoms with Crippen LogP contribution in [0, 0.1) is 6.92 Å². The molecule has 0 fully saturated rings. The van der Waals surface area contributed by atoms with Gasteiger partial charge in [0, 0.05) is 12.1 Å². The van der Waals surface area contributed by atoms with Crippen molar-refractivity contribution in [1.29, 1.82) is 0 Å². The van der Waals surface area contributed by atoms with Gasteiger partial charge in [-0.05, 0) is 37.3 Å². The predicted octanol–water partition coefficient (Wildman–Crippen LogP) is 3.22. The van der Waals surface area contributed by atoms with Crippen molar-refractivity contribution in [3.63, 3.8) is 0 Å². The topological polar surface area (TPSA) is 49.3 Å². The van der Waals surface area contributed by atoms with E-state index in [2.05, 4.69) is 5.32 Å². The number of hydrogen-bond donors (Lipinski definition) is 2. The lowest BCUT2D eigenvalue weighted by Crippen LogP contribution is -2.26. The minimum atomic E-state index is -0.393. The summed E-state index contributed by atoms with van der Waals surface area (Å²) in [6.07, 6.45) is 0.173. The van der Waals surface area contributed by atoms with Crippen molar-refractivity contribution in [2.75, 3.05) is 6.54 Å². The van der Waals surface area contributed by atoms with E-state index in [0.717, 1.165) is 16.0 Å². The largest absolute Gasteiger partial charge is 0.393 e. The van der Waals surface area contributed by atoms with Gasteiger partial charge in [-0.1, -0.05) is 29.8 Å². The molecular weight excluding hydrogens is 270 g/mol. The number of rotatable bonds is 5. The maximum atomic E-state index is 12.2. The standard InChI is InChI=1S/C16H19NO2S/c1-11-3-5-13(6-4-11)14-8-10-20-15(14)16(19)17-9-7-12(2)18/h3-6,8,10,12,18H,7,9H2,1-2H3,(H,17,19). The van der Waals surface area contributed by atoms with E-state index in [1.165, 1.54) is 16.9 Å². The summed E-state index contributed by atoms with van der Waals surface area (Å²) in [6, 6.07) is 10.1. The number of aliphatic hydroxyl groups excluding tert-OH is 1. The van der Waals surface area contributed by atoms with Gasteiger partial charge in [0.2, 0.25) is 0 Å². The third kappa shape index (κ3) is 3.68. The van der Waals surface area contributed by atoms with E-state index in [4.69, 9.17) is 0 Å². The molecule has 0 spiro atoms. The van der Waals surface area contributed by atoms with Crippen molar-refractivity contribution in [3.05, 3.63) is 46.2 Å². The van der Waals surface area contributed by atoms with Crippen molar-refractivity contribution < 1.29 is 9.90 Å². The molecule has 0 bridgehead atoms. The number of hydrogen-bond acceptors (Lipinski definition) is 3. The number of amides is 1. The second-order valence-corrected chi connectivity index (χ2v) is 5.84. The van der Waals surface area contributed by atoms with E-state index >= 15 is 0 Å². The van der Waals surface area contributed by atoms with Crippen LogP contribution >= 0.6 is 11.3 Å². The maximum absolute atomic E-state index is 12.2. The maximum Gasteiger partial charge on any atom is 0.261 e. The monoisotopic (exact) mass is 289 g/mol. The molecule has 1 heterocycles. The molecule has 3 nitrogen and oxygen atoms in total. The predicted molar refractivity (Wildman–Crippen MR) is 83.1 cm³/mol. The van der Waals surface area contributed by atoms with E-state index < -0.39 is 6.10 Å². The Morgan fingerprint density at radius 3 is 2.65 bits per heavy atom. The number of aliphatic hydroxyl groups is 1. The normalized spacial score (nSPS) is 12.2. The molecule has 1 atom stereocenters. The lowest BCUT2D eigenvalue weighted by atomic mass is 10.0. The number of carbonyl (C=O) groups is 1. The van der Waals surface area contributed by atoms with Gasteiger partial charge in [-0.15, -0.1) is 11.3 Å². The number of aryl methyl sites for hydroxylation is 1. The molecule has 20 heavy (non-hydrogen) atoms. The zero-order valence-electron chi connectivity index (χ0n) is 11.7. The highest BCUT2D eigenvalue weighted by Gasteiger charge is 2.14. The molecule has 2 rings (SSSR count). The second-order valence-electron chi connectivity index (χ2n) is 4.92. The fourth-order valence-electron chi connectivity index (χ4n) is 1.92. The van der Waals surface area contributed by atoms with Gasteiger partial charge in [-0.25, -0.2) is 0 Å². The van der Waals surface area contributed by atoms with Crippen molar-refractivity contribution in [1.82, 2.24) is 5.32 Å².